The number of hydrogen-bond donors (Lipinski definition) is 1. The van der Waals surface area contributed by atoms with Gasteiger partial charge in [-0.15, -0.1) is 12.4 Å². The van der Waals surface area contributed by atoms with Crippen LogP contribution in [0.3, 0.4) is 0 Å². The summed E-state index contributed by atoms with van der Waals surface area (Å²) < 4.78 is 53.2. The molecule has 0 atom stereocenters. The molecule has 8 heteroatoms. The molecule has 0 saturated carbocycles. The lowest BCUT2D eigenvalue weighted by Crippen LogP contribution is -2.44. The molecule has 2 rings (SSSR count). The van der Waals surface area contributed by atoms with Crippen LogP contribution in [-0.4, -0.2) is 38.9 Å². The van der Waals surface area contributed by atoms with Crippen molar-refractivity contribution >= 4 is 22.4 Å². The fourth-order valence-electron chi connectivity index (χ4n) is 2.35. The Bertz CT molecular complexity index is 604. The molecule has 0 aliphatic carbocycles. The van der Waals surface area contributed by atoms with Gasteiger partial charge in [0, 0.05) is 19.2 Å². The van der Waals surface area contributed by atoms with E-state index >= 15 is 0 Å². The fraction of sp³-hybridized carbons (Fsp3) is 0.538. The number of piperidine rings is 1. The summed E-state index contributed by atoms with van der Waals surface area (Å²) >= 11 is 0. The van der Waals surface area contributed by atoms with Crippen molar-refractivity contribution in [2.45, 2.75) is 30.7 Å². The summed E-state index contributed by atoms with van der Waals surface area (Å²) in [7, 11) is -2.50. The normalized spacial score (nSPS) is 16.8. The van der Waals surface area contributed by atoms with Gasteiger partial charge in [0.1, 0.15) is 16.5 Å². The molecule has 0 aromatic heterocycles. The first-order valence-electron chi connectivity index (χ1n) is 6.48. The van der Waals surface area contributed by atoms with Crippen molar-refractivity contribution in [3.8, 4) is 0 Å². The van der Waals surface area contributed by atoms with Gasteiger partial charge in [-0.05, 0) is 44.5 Å². The van der Waals surface area contributed by atoms with Crippen LogP contribution in [-0.2, 0) is 10.0 Å². The maximum absolute atomic E-state index is 13.8. The quantitative estimate of drug-likeness (QED) is 0.916. The second-order valence-corrected chi connectivity index (χ2v) is 7.00. The largest absolute Gasteiger partial charge is 0.317 e. The molecule has 1 heterocycles. The van der Waals surface area contributed by atoms with E-state index in [9.17, 15) is 17.2 Å². The summed E-state index contributed by atoms with van der Waals surface area (Å²) in [6.45, 7) is 2.88. The van der Waals surface area contributed by atoms with Crippen LogP contribution in [0.5, 0.6) is 0 Å². The van der Waals surface area contributed by atoms with E-state index in [1.54, 1.807) is 0 Å². The lowest BCUT2D eigenvalue weighted by molar-refractivity contribution is 0.295. The minimum atomic E-state index is -3.94. The Morgan fingerprint density at radius 3 is 2.33 bits per heavy atom. The van der Waals surface area contributed by atoms with Crippen molar-refractivity contribution in [2.75, 3.05) is 20.1 Å². The van der Waals surface area contributed by atoms with Gasteiger partial charge in [-0.3, -0.25) is 0 Å². The summed E-state index contributed by atoms with van der Waals surface area (Å²) in [4.78, 5) is -0.461. The van der Waals surface area contributed by atoms with Crippen molar-refractivity contribution in [1.29, 1.82) is 0 Å². The Morgan fingerprint density at radius 2 is 1.76 bits per heavy atom. The molecule has 1 saturated heterocycles. The first-order valence-corrected chi connectivity index (χ1v) is 7.92. The Morgan fingerprint density at radius 1 is 1.19 bits per heavy atom. The van der Waals surface area contributed by atoms with Gasteiger partial charge >= 0.3 is 0 Å². The Kier molecular flexibility index (Phi) is 6.10. The highest BCUT2D eigenvalue weighted by Crippen LogP contribution is 2.25. The second-order valence-electron chi connectivity index (χ2n) is 5.03. The molecule has 4 nitrogen and oxygen atoms in total. The molecule has 1 aliphatic rings. The topological polar surface area (TPSA) is 49.4 Å². The summed E-state index contributed by atoms with van der Waals surface area (Å²) in [6, 6.07) is 1.52. The van der Waals surface area contributed by atoms with Gasteiger partial charge in [-0.25, -0.2) is 17.2 Å². The smallest absolute Gasteiger partial charge is 0.245 e. The number of nitrogens with one attached hydrogen (secondary N) is 1. The van der Waals surface area contributed by atoms with Crippen LogP contribution in [0.25, 0.3) is 0 Å². The highest BCUT2D eigenvalue weighted by atomic mass is 35.5. The van der Waals surface area contributed by atoms with Crippen molar-refractivity contribution in [3.05, 3.63) is 29.3 Å². The molecular formula is C13H19ClF2N2O2S. The van der Waals surface area contributed by atoms with Crippen LogP contribution < -0.4 is 5.32 Å². The van der Waals surface area contributed by atoms with E-state index in [4.69, 9.17) is 0 Å². The highest BCUT2D eigenvalue weighted by Gasteiger charge is 2.31. The number of halogens is 3. The third kappa shape index (κ3) is 3.71. The number of benzene rings is 1. The zero-order valence-corrected chi connectivity index (χ0v) is 13.5. The average molecular weight is 341 g/mol. The van der Waals surface area contributed by atoms with Crippen molar-refractivity contribution < 1.29 is 17.2 Å². The SMILES string of the molecule is Cc1cc(S(=O)(=O)N(C)C2CCNCC2)c(F)cc1F.Cl. The zero-order valence-electron chi connectivity index (χ0n) is 11.9. The molecule has 0 radical (unpaired) electrons. The van der Waals surface area contributed by atoms with E-state index in [0.717, 1.165) is 19.2 Å². The molecule has 1 fully saturated rings. The number of sulfonamides is 1. The van der Waals surface area contributed by atoms with E-state index in [-0.39, 0.29) is 24.0 Å². The first-order chi connectivity index (χ1) is 9.34. The van der Waals surface area contributed by atoms with Gasteiger partial charge in [-0.2, -0.15) is 4.31 Å². The van der Waals surface area contributed by atoms with Crippen molar-refractivity contribution in [1.82, 2.24) is 9.62 Å². The van der Waals surface area contributed by atoms with Crippen LogP contribution in [0.4, 0.5) is 8.78 Å². The molecule has 1 aliphatic heterocycles. The van der Waals surface area contributed by atoms with Crippen LogP contribution >= 0.6 is 12.4 Å². The van der Waals surface area contributed by atoms with Gasteiger partial charge < -0.3 is 5.32 Å². The molecule has 120 valence electrons. The molecule has 1 aromatic carbocycles. The van der Waals surface area contributed by atoms with E-state index in [0.29, 0.717) is 18.9 Å². The van der Waals surface area contributed by atoms with Gasteiger partial charge in [0.05, 0.1) is 0 Å². The number of hydrogen-bond acceptors (Lipinski definition) is 3. The predicted molar refractivity (Wildman–Crippen MR) is 79.2 cm³/mol. The molecule has 0 unspecified atom stereocenters. The van der Waals surface area contributed by atoms with Crippen LogP contribution in [0.2, 0.25) is 0 Å². The first kappa shape index (κ1) is 18.3. The Labute approximate surface area is 130 Å². The average Bonchev–Trinajstić information content (AvgIpc) is 2.42. The Hall–Kier alpha value is -0.760. The lowest BCUT2D eigenvalue weighted by Gasteiger charge is -2.31. The maximum atomic E-state index is 13.8. The summed E-state index contributed by atoms with van der Waals surface area (Å²) in [5.74, 6) is -1.79. The van der Waals surface area contributed by atoms with Crippen LogP contribution in [0, 0.1) is 18.6 Å². The van der Waals surface area contributed by atoms with E-state index < -0.39 is 26.6 Å². The highest BCUT2D eigenvalue weighted by molar-refractivity contribution is 7.89. The van der Waals surface area contributed by atoms with Gasteiger partial charge in [0.2, 0.25) is 10.0 Å². The molecule has 0 bridgehead atoms. The standard InChI is InChI=1S/C13H18F2N2O2S.ClH/c1-9-7-13(12(15)8-11(9)14)20(18,19)17(2)10-3-5-16-6-4-10;/h7-8,10,16H,3-6H2,1-2H3;1H. The Balaban J connectivity index is 0.00000220. The van der Waals surface area contributed by atoms with Gasteiger partial charge in [0.15, 0.2) is 0 Å². The van der Waals surface area contributed by atoms with Gasteiger partial charge in [0.25, 0.3) is 0 Å². The third-order valence-electron chi connectivity index (χ3n) is 3.69. The number of aryl methyl sites for hydroxylation is 1. The molecule has 1 N–H and O–H groups in total. The summed E-state index contributed by atoms with van der Waals surface area (Å²) in [6.07, 6.45) is 1.36. The van der Waals surface area contributed by atoms with Gasteiger partial charge in [-0.1, -0.05) is 0 Å². The van der Waals surface area contributed by atoms with Crippen LogP contribution in [0.15, 0.2) is 17.0 Å². The molecule has 1 aromatic rings. The third-order valence-corrected chi connectivity index (χ3v) is 5.62. The number of nitrogens with zero attached hydrogens (tertiary/aromatic N) is 1. The lowest BCUT2D eigenvalue weighted by atomic mass is 10.1. The second kappa shape index (κ2) is 7.00. The monoisotopic (exact) mass is 340 g/mol. The summed E-state index contributed by atoms with van der Waals surface area (Å²) in [5, 5.41) is 3.14. The predicted octanol–water partition coefficient (Wildman–Crippen LogP) is 2.07. The molecular weight excluding hydrogens is 322 g/mol. The molecule has 0 amide bonds. The minimum absolute atomic E-state index is 0. The zero-order chi connectivity index (χ0) is 14.9. The van der Waals surface area contributed by atoms with Crippen molar-refractivity contribution in [2.24, 2.45) is 0 Å². The van der Waals surface area contributed by atoms with E-state index in [1.165, 1.54) is 18.3 Å². The number of rotatable bonds is 3. The van der Waals surface area contributed by atoms with E-state index in [1.807, 2.05) is 0 Å². The van der Waals surface area contributed by atoms with Crippen LogP contribution in [0.1, 0.15) is 18.4 Å². The maximum Gasteiger partial charge on any atom is 0.245 e. The van der Waals surface area contributed by atoms with Crippen molar-refractivity contribution in [3.63, 3.8) is 0 Å². The van der Waals surface area contributed by atoms with E-state index in [2.05, 4.69) is 5.32 Å². The fourth-order valence-corrected chi connectivity index (χ4v) is 3.89. The molecule has 0 spiro atoms. The minimum Gasteiger partial charge on any atom is -0.317 e. The summed E-state index contributed by atoms with van der Waals surface area (Å²) in [5.41, 5.74) is 0.115. The molecule has 21 heavy (non-hydrogen) atoms.